The molecular weight excluding hydrogens is 294 g/mol. The third-order valence-corrected chi connectivity index (χ3v) is 2.74. The zero-order valence-corrected chi connectivity index (χ0v) is 11.0. The van der Waals surface area contributed by atoms with Gasteiger partial charge in [0.15, 0.2) is 5.75 Å². The lowest BCUT2D eigenvalue weighted by molar-refractivity contribution is -0.128. The zero-order valence-electron chi connectivity index (χ0n) is 9.42. The minimum Gasteiger partial charge on any atom is -0.420 e. The van der Waals surface area contributed by atoms with Gasteiger partial charge < -0.3 is 4.74 Å². The lowest BCUT2D eigenvalue weighted by atomic mass is 10.2. The predicted octanol–water partition coefficient (Wildman–Crippen LogP) is 3.46. The molecule has 0 saturated heterocycles. The molecule has 1 aromatic carbocycles. The molecule has 3 nitrogen and oxygen atoms in total. The topological polar surface area (TPSA) is 39.2 Å². The van der Waals surface area contributed by atoms with Crippen LogP contribution in [0.25, 0.3) is 6.08 Å². The summed E-state index contributed by atoms with van der Waals surface area (Å²) in [6.45, 7) is 0. The third kappa shape index (κ3) is 3.53. The van der Waals surface area contributed by atoms with Gasteiger partial charge in [-0.15, -0.1) is 0 Å². The Labute approximate surface area is 113 Å². The number of pyridine rings is 1. The molecule has 0 fully saturated rings. The summed E-state index contributed by atoms with van der Waals surface area (Å²) in [7, 11) is 0. The number of rotatable bonds is 3. The van der Waals surface area contributed by atoms with Crippen LogP contribution in [0.3, 0.4) is 0 Å². The number of benzene rings is 1. The second kappa shape index (κ2) is 6.12. The fourth-order valence-electron chi connectivity index (χ4n) is 1.32. The molecular formula is C14H10BrNO2. The maximum Gasteiger partial charge on any atom is 0.336 e. The molecule has 0 amide bonds. The van der Waals surface area contributed by atoms with Gasteiger partial charge >= 0.3 is 5.97 Å². The number of carbonyl (C=O) groups is 1. The number of carbonyl (C=O) groups excluding carboxylic acids is 1. The number of nitrogens with zero attached hydrogens (tertiary/aromatic N) is 1. The van der Waals surface area contributed by atoms with Crippen molar-refractivity contribution in [3.63, 3.8) is 0 Å². The Kier molecular flexibility index (Phi) is 4.25. The van der Waals surface area contributed by atoms with Crippen molar-refractivity contribution in [1.82, 2.24) is 4.98 Å². The smallest absolute Gasteiger partial charge is 0.336 e. The first-order valence-corrected chi connectivity index (χ1v) is 6.10. The molecule has 0 aliphatic heterocycles. The van der Waals surface area contributed by atoms with Crippen molar-refractivity contribution >= 4 is 28.0 Å². The Bertz CT molecular complexity index is 567. The monoisotopic (exact) mass is 303 g/mol. The third-order valence-electron chi connectivity index (χ3n) is 2.15. The first kappa shape index (κ1) is 12.5. The standard InChI is InChI=1S/C14H10BrNO2/c15-14-12(7-4-10-16-14)18-13(17)9-8-11-5-2-1-3-6-11/h1-10H. The molecule has 0 saturated carbocycles. The van der Waals surface area contributed by atoms with Gasteiger partial charge in [0.05, 0.1) is 0 Å². The molecule has 0 atom stereocenters. The van der Waals surface area contributed by atoms with E-state index in [0.29, 0.717) is 10.4 Å². The lowest BCUT2D eigenvalue weighted by Gasteiger charge is -2.01. The molecule has 0 N–H and O–H groups in total. The fraction of sp³-hybridized carbons (Fsp3) is 0. The second-order valence-corrected chi connectivity index (χ2v) is 4.21. The number of halogens is 1. The van der Waals surface area contributed by atoms with Crippen LogP contribution in [0, 0.1) is 0 Å². The molecule has 18 heavy (non-hydrogen) atoms. The minimum absolute atomic E-state index is 0.403. The number of hydrogen-bond donors (Lipinski definition) is 0. The fourth-order valence-corrected chi connectivity index (χ4v) is 1.65. The van der Waals surface area contributed by atoms with Crippen molar-refractivity contribution in [3.8, 4) is 5.75 Å². The van der Waals surface area contributed by atoms with Crippen molar-refractivity contribution in [3.05, 3.63) is 64.9 Å². The molecule has 2 aromatic rings. The van der Waals surface area contributed by atoms with E-state index in [-0.39, 0.29) is 0 Å². The highest BCUT2D eigenvalue weighted by molar-refractivity contribution is 9.10. The summed E-state index contributed by atoms with van der Waals surface area (Å²) in [5, 5.41) is 0. The normalized spacial score (nSPS) is 10.5. The maximum atomic E-state index is 11.6. The van der Waals surface area contributed by atoms with Crippen molar-refractivity contribution in [2.45, 2.75) is 0 Å². The van der Waals surface area contributed by atoms with Gasteiger partial charge in [-0.3, -0.25) is 0 Å². The summed E-state index contributed by atoms with van der Waals surface area (Å²) < 4.78 is 5.64. The van der Waals surface area contributed by atoms with Crippen molar-refractivity contribution < 1.29 is 9.53 Å². The highest BCUT2D eigenvalue weighted by Gasteiger charge is 2.04. The quantitative estimate of drug-likeness (QED) is 0.495. The van der Waals surface area contributed by atoms with E-state index in [9.17, 15) is 4.79 Å². The van der Waals surface area contributed by atoms with Gasteiger partial charge in [-0.1, -0.05) is 30.3 Å². The molecule has 0 unspecified atom stereocenters. The number of hydrogen-bond acceptors (Lipinski definition) is 3. The number of aromatic nitrogens is 1. The Hall–Kier alpha value is -1.94. The van der Waals surface area contributed by atoms with Crippen molar-refractivity contribution in [1.29, 1.82) is 0 Å². The molecule has 90 valence electrons. The molecule has 2 rings (SSSR count). The number of esters is 1. The van der Waals surface area contributed by atoms with Crippen LogP contribution in [-0.2, 0) is 4.79 Å². The summed E-state index contributed by atoms with van der Waals surface area (Å²) in [5.74, 6) is -0.0345. The lowest BCUT2D eigenvalue weighted by Crippen LogP contribution is -2.04. The SMILES string of the molecule is O=C(C=Cc1ccccc1)Oc1cccnc1Br. The van der Waals surface area contributed by atoms with Crippen molar-refractivity contribution in [2.75, 3.05) is 0 Å². The van der Waals surface area contributed by atoms with Gasteiger partial charge in [0.25, 0.3) is 0 Å². The molecule has 0 spiro atoms. The van der Waals surface area contributed by atoms with Gasteiger partial charge in [-0.05, 0) is 39.7 Å². The Morgan fingerprint density at radius 3 is 2.67 bits per heavy atom. The Balaban J connectivity index is 2.02. The van der Waals surface area contributed by atoms with E-state index >= 15 is 0 Å². The van der Waals surface area contributed by atoms with Crippen LogP contribution in [0.2, 0.25) is 0 Å². The van der Waals surface area contributed by atoms with Gasteiger partial charge in [-0.25, -0.2) is 9.78 Å². The summed E-state index contributed by atoms with van der Waals surface area (Å²) in [5.41, 5.74) is 0.944. The van der Waals surface area contributed by atoms with Gasteiger partial charge in [-0.2, -0.15) is 0 Å². The summed E-state index contributed by atoms with van der Waals surface area (Å²) >= 11 is 3.21. The van der Waals surface area contributed by atoms with Crippen LogP contribution in [0.1, 0.15) is 5.56 Å². The first-order chi connectivity index (χ1) is 8.75. The minimum atomic E-state index is -0.437. The molecule has 4 heteroatoms. The van der Waals surface area contributed by atoms with E-state index in [4.69, 9.17) is 4.74 Å². The molecule has 0 bridgehead atoms. The highest BCUT2D eigenvalue weighted by Crippen LogP contribution is 2.21. The Morgan fingerprint density at radius 1 is 1.17 bits per heavy atom. The first-order valence-electron chi connectivity index (χ1n) is 5.31. The second-order valence-electron chi connectivity index (χ2n) is 3.46. The van der Waals surface area contributed by atoms with Gasteiger partial charge in [0.2, 0.25) is 0 Å². The maximum absolute atomic E-state index is 11.6. The van der Waals surface area contributed by atoms with Crippen LogP contribution < -0.4 is 4.74 Å². The molecule has 0 aliphatic carbocycles. The summed E-state index contributed by atoms with van der Waals surface area (Å²) in [6, 6.07) is 12.9. The average Bonchev–Trinajstić information content (AvgIpc) is 2.40. The van der Waals surface area contributed by atoms with E-state index in [0.717, 1.165) is 5.56 Å². The van der Waals surface area contributed by atoms with E-state index in [2.05, 4.69) is 20.9 Å². The van der Waals surface area contributed by atoms with E-state index < -0.39 is 5.97 Å². The van der Waals surface area contributed by atoms with Gasteiger partial charge in [0, 0.05) is 12.3 Å². The molecule has 1 aromatic heterocycles. The van der Waals surface area contributed by atoms with Crippen LogP contribution in [-0.4, -0.2) is 11.0 Å². The van der Waals surface area contributed by atoms with Gasteiger partial charge in [0.1, 0.15) is 4.60 Å². The molecule has 0 aliphatic rings. The van der Waals surface area contributed by atoms with Crippen molar-refractivity contribution in [2.24, 2.45) is 0 Å². The molecule has 1 heterocycles. The van der Waals surface area contributed by atoms with Crippen LogP contribution in [0.5, 0.6) is 5.75 Å². The van der Waals surface area contributed by atoms with Crippen LogP contribution in [0.15, 0.2) is 59.3 Å². The van der Waals surface area contributed by atoms with E-state index in [1.165, 1.54) is 6.08 Å². The number of ether oxygens (including phenoxy) is 1. The zero-order chi connectivity index (χ0) is 12.8. The summed E-state index contributed by atoms with van der Waals surface area (Å²) in [4.78, 5) is 15.5. The predicted molar refractivity (Wildman–Crippen MR) is 73.0 cm³/mol. The Morgan fingerprint density at radius 2 is 1.94 bits per heavy atom. The van der Waals surface area contributed by atoms with E-state index in [1.54, 1.807) is 24.4 Å². The van der Waals surface area contributed by atoms with E-state index in [1.807, 2.05) is 30.3 Å². The largest absolute Gasteiger partial charge is 0.420 e. The van der Waals surface area contributed by atoms with Crippen LogP contribution >= 0.6 is 15.9 Å². The van der Waals surface area contributed by atoms with Crippen LogP contribution in [0.4, 0.5) is 0 Å². The molecule has 0 radical (unpaired) electrons. The average molecular weight is 304 g/mol. The summed E-state index contributed by atoms with van der Waals surface area (Å²) in [6.07, 6.45) is 4.70. The highest BCUT2D eigenvalue weighted by atomic mass is 79.9.